The number of carbonyl (C=O) groups excluding carboxylic acids is 1. The number of phenols is 1. The summed E-state index contributed by atoms with van der Waals surface area (Å²) in [5.41, 5.74) is 3.80. The fraction of sp³-hybridized carbons (Fsp3) is 0.350. The van der Waals surface area contributed by atoms with Crippen molar-refractivity contribution in [1.29, 1.82) is 0 Å². The number of para-hydroxylation sites is 1. The lowest BCUT2D eigenvalue weighted by Gasteiger charge is -2.22. The maximum atomic E-state index is 13.0. The van der Waals surface area contributed by atoms with Crippen molar-refractivity contribution in [2.45, 2.75) is 32.2 Å². The van der Waals surface area contributed by atoms with Gasteiger partial charge in [0, 0.05) is 12.1 Å². The first-order valence-electron chi connectivity index (χ1n) is 8.57. The summed E-state index contributed by atoms with van der Waals surface area (Å²) >= 11 is 0. The Labute approximate surface area is 141 Å². The molecule has 0 radical (unpaired) electrons. The Kier molecular flexibility index (Phi) is 3.89. The second-order valence-electron chi connectivity index (χ2n) is 6.53. The highest BCUT2D eigenvalue weighted by atomic mass is 16.5. The van der Waals surface area contributed by atoms with Crippen molar-refractivity contribution in [3.8, 4) is 11.5 Å². The van der Waals surface area contributed by atoms with E-state index in [0.29, 0.717) is 25.3 Å². The number of carbonyl (C=O) groups is 1. The summed E-state index contributed by atoms with van der Waals surface area (Å²) in [4.78, 5) is 14.7. The lowest BCUT2D eigenvalue weighted by Crippen LogP contribution is -2.32. The van der Waals surface area contributed by atoms with Crippen LogP contribution in [-0.2, 0) is 19.4 Å². The number of hydrogen-bond acceptors (Lipinski definition) is 3. The van der Waals surface area contributed by atoms with Crippen molar-refractivity contribution in [3.05, 3.63) is 58.7 Å². The van der Waals surface area contributed by atoms with Crippen LogP contribution in [0.1, 0.15) is 39.9 Å². The second-order valence-corrected chi connectivity index (χ2v) is 6.53. The van der Waals surface area contributed by atoms with Crippen molar-refractivity contribution in [3.63, 3.8) is 0 Å². The zero-order valence-corrected chi connectivity index (χ0v) is 13.6. The van der Waals surface area contributed by atoms with E-state index in [2.05, 4.69) is 0 Å². The standard InChI is InChI=1S/C20H21NO3/c22-18-12-15-6-2-1-5-14(15)11-17(18)20(23)21-9-10-24-19-8-4-3-7-16(19)13-21/h3-4,7-8,11-12,22H,1-2,5-6,9-10,13H2. The summed E-state index contributed by atoms with van der Waals surface area (Å²) in [5.74, 6) is 0.808. The molecule has 4 rings (SSSR count). The highest BCUT2D eigenvalue weighted by Gasteiger charge is 2.24. The van der Waals surface area contributed by atoms with E-state index in [-0.39, 0.29) is 11.7 Å². The average molecular weight is 323 g/mol. The summed E-state index contributed by atoms with van der Waals surface area (Å²) < 4.78 is 5.73. The summed E-state index contributed by atoms with van der Waals surface area (Å²) in [5, 5.41) is 10.4. The molecule has 0 spiro atoms. The molecule has 1 aliphatic heterocycles. The van der Waals surface area contributed by atoms with Gasteiger partial charge >= 0.3 is 0 Å². The molecule has 24 heavy (non-hydrogen) atoms. The van der Waals surface area contributed by atoms with Gasteiger partial charge in [0.2, 0.25) is 0 Å². The number of nitrogens with zero attached hydrogens (tertiary/aromatic N) is 1. The number of aromatic hydroxyl groups is 1. The first-order valence-corrected chi connectivity index (χ1v) is 8.57. The molecule has 1 aliphatic carbocycles. The van der Waals surface area contributed by atoms with Crippen molar-refractivity contribution in [2.75, 3.05) is 13.2 Å². The number of rotatable bonds is 1. The van der Waals surface area contributed by atoms with Crippen LogP contribution in [0.5, 0.6) is 11.5 Å². The Morgan fingerprint density at radius 3 is 2.62 bits per heavy atom. The molecule has 0 fully saturated rings. The average Bonchev–Trinajstić information content (AvgIpc) is 2.83. The van der Waals surface area contributed by atoms with E-state index in [9.17, 15) is 9.90 Å². The van der Waals surface area contributed by atoms with Gasteiger partial charge < -0.3 is 14.7 Å². The van der Waals surface area contributed by atoms with Gasteiger partial charge in [0.05, 0.1) is 12.1 Å². The molecular weight excluding hydrogens is 302 g/mol. The Balaban J connectivity index is 1.64. The zero-order valence-electron chi connectivity index (χ0n) is 13.6. The predicted octanol–water partition coefficient (Wildman–Crippen LogP) is 3.31. The molecule has 0 unspecified atom stereocenters. The predicted molar refractivity (Wildman–Crippen MR) is 91.4 cm³/mol. The molecular formula is C20H21NO3. The van der Waals surface area contributed by atoms with Crippen LogP contribution in [0.15, 0.2) is 36.4 Å². The van der Waals surface area contributed by atoms with Gasteiger partial charge in [-0.05, 0) is 55.0 Å². The van der Waals surface area contributed by atoms with E-state index in [1.807, 2.05) is 30.3 Å². The molecule has 2 aromatic carbocycles. The molecule has 0 saturated heterocycles. The monoisotopic (exact) mass is 323 g/mol. The van der Waals surface area contributed by atoms with Gasteiger partial charge in [-0.15, -0.1) is 0 Å². The lowest BCUT2D eigenvalue weighted by atomic mass is 9.89. The number of amides is 1. The quantitative estimate of drug-likeness (QED) is 0.876. The SMILES string of the molecule is O=C(c1cc2c(cc1O)CCCC2)N1CCOc2ccccc2C1. The normalized spacial score (nSPS) is 16.6. The number of phenolic OH excluding ortho intramolecular Hbond substituents is 1. The maximum absolute atomic E-state index is 13.0. The number of aryl methyl sites for hydroxylation is 2. The molecule has 1 heterocycles. The molecule has 0 aromatic heterocycles. The Bertz CT molecular complexity index is 784. The first kappa shape index (κ1) is 15.1. The van der Waals surface area contributed by atoms with E-state index in [0.717, 1.165) is 37.0 Å². The van der Waals surface area contributed by atoms with Crippen LogP contribution < -0.4 is 4.74 Å². The minimum absolute atomic E-state index is 0.0964. The largest absolute Gasteiger partial charge is 0.507 e. The molecule has 0 atom stereocenters. The van der Waals surface area contributed by atoms with E-state index in [4.69, 9.17) is 4.74 Å². The van der Waals surface area contributed by atoms with Crippen LogP contribution in [0.25, 0.3) is 0 Å². The van der Waals surface area contributed by atoms with Gasteiger partial charge in [-0.25, -0.2) is 0 Å². The fourth-order valence-corrected chi connectivity index (χ4v) is 3.61. The topological polar surface area (TPSA) is 49.8 Å². The lowest BCUT2D eigenvalue weighted by molar-refractivity contribution is 0.0730. The number of benzene rings is 2. The van der Waals surface area contributed by atoms with Gasteiger partial charge in [0.1, 0.15) is 18.1 Å². The summed E-state index contributed by atoms with van der Waals surface area (Å²) in [6, 6.07) is 11.5. The Morgan fingerprint density at radius 1 is 1.04 bits per heavy atom. The number of fused-ring (bicyclic) bond motifs is 2. The molecule has 0 bridgehead atoms. The molecule has 2 aliphatic rings. The molecule has 124 valence electrons. The smallest absolute Gasteiger partial charge is 0.258 e. The Morgan fingerprint density at radius 2 is 1.79 bits per heavy atom. The zero-order chi connectivity index (χ0) is 16.5. The van der Waals surface area contributed by atoms with Crippen molar-refractivity contribution >= 4 is 5.91 Å². The van der Waals surface area contributed by atoms with Gasteiger partial charge in [-0.1, -0.05) is 18.2 Å². The summed E-state index contributed by atoms with van der Waals surface area (Å²) in [6.45, 7) is 1.49. The minimum atomic E-state index is -0.124. The van der Waals surface area contributed by atoms with Crippen LogP contribution in [-0.4, -0.2) is 29.1 Å². The van der Waals surface area contributed by atoms with Crippen LogP contribution in [0.4, 0.5) is 0 Å². The highest BCUT2D eigenvalue weighted by Crippen LogP contribution is 2.30. The minimum Gasteiger partial charge on any atom is -0.507 e. The third-order valence-corrected chi connectivity index (χ3v) is 4.93. The van der Waals surface area contributed by atoms with Crippen molar-refractivity contribution in [1.82, 2.24) is 4.90 Å². The van der Waals surface area contributed by atoms with Crippen molar-refractivity contribution < 1.29 is 14.6 Å². The third-order valence-electron chi connectivity index (χ3n) is 4.93. The summed E-state index contributed by atoms with van der Waals surface area (Å²) in [7, 11) is 0. The summed E-state index contributed by atoms with van der Waals surface area (Å²) in [6.07, 6.45) is 4.28. The van der Waals surface area contributed by atoms with E-state index in [1.165, 1.54) is 11.1 Å². The first-order chi connectivity index (χ1) is 11.7. The van der Waals surface area contributed by atoms with Crippen LogP contribution in [0.2, 0.25) is 0 Å². The van der Waals surface area contributed by atoms with Crippen molar-refractivity contribution in [2.24, 2.45) is 0 Å². The third kappa shape index (κ3) is 2.73. The van der Waals surface area contributed by atoms with Gasteiger partial charge in [-0.3, -0.25) is 4.79 Å². The Hall–Kier alpha value is -2.49. The van der Waals surface area contributed by atoms with E-state index >= 15 is 0 Å². The second kappa shape index (κ2) is 6.19. The molecule has 4 heteroatoms. The van der Waals surface area contributed by atoms with Crippen LogP contribution in [0.3, 0.4) is 0 Å². The van der Waals surface area contributed by atoms with Crippen LogP contribution >= 0.6 is 0 Å². The number of ether oxygens (including phenoxy) is 1. The molecule has 2 aromatic rings. The highest BCUT2D eigenvalue weighted by molar-refractivity contribution is 5.97. The maximum Gasteiger partial charge on any atom is 0.258 e. The van der Waals surface area contributed by atoms with Gasteiger partial charge in [0.15, 0.2) is 0 Å². The van der Waals surface area contributed by atoms with Gasteiger partial charge in [0.25, 0.3) is 5.91 Å². The fourth-order valence-electron chi connectivity index (χ4n) is 3.61. The molecule has 1 amide bonds. The van der Waals surface area contributed by atoms with E-state index in [1.54, 1.807) is 11.0 Å². The van der Waals surface area contributed by atoms with Gasteiger partial charge in [-0.2, -0.15) is 0 Å². The van der Waals surface area contributed by atoms with E-state index < -0.39 is 0 Å². The molecule has 1 N–H and O–H groups in total. The van der Waals surface area contributed by atoms with Crippen LogP contribution in [0, 0.1) is 0 Å². The molecule has 0 saturated carbocycles. The molecule has 4 nitrogen and oxygen atoms in total. The number of hydrogen-bond donors (Lipinski definition) is 1.